The zero-order valence-corrected chi connectivity index (χ0v) is 15.9. The molecule has 0 bridgehead atoms. The first-order valence-corrected chi connectivity index (χ1v) is 9.63. The Labute approximate surface area is 161 Å². The molecular formula is C18H21N3O5S. The van der Waals surface area contributed by atoms with Crippen molar-refractivity contribution in [3.05, 3.63) is 47.7 Å². The number of ether oxygens (including phenoxy) is 1. The summed E-state index contributed by atoms with van der Waals surface area (Å²) in [5.74, 6) is -0.150. The lowest BCUT2D eigenvalue weighted by atomic mass is 10.1. The van der Waals surface area contributed by atoms with Gasteiger partial charge in [-0.3, -0.25) is 9.59 Å². The maximum atomic E-state index is 12.3. The van der Waals surface area contributed by atoms with E-state index >= 15 is 0 Å². The monoisotopic (exact) mass is 391 g/mol. The van der Waals surface area contributed by atoms with E-state index in [1.807, 2.05) is 6.26 Å². The number of hydrogen-bond acceptors (Lipinski definition) is 7. The number of aromatic nitrogens is 1. The van der Waals surface area contributed by atoms with E-state index in [0.29, 0.717) is 23.5 Å². The second-order valence-corrected chi connectivity index (χ2v) is 6.64. The fourth-order valence-electron chi connectivity index (χ4n) is 2.16. The lowest BCUT2D eigenvalue weighted by Crippen LogP contribution is -2.43. The molecule has 9 heteroatoms. The number of benzene rings is 1. The van der Waals surface area contributed by atoms with Crippen LogP contribution in [0.15, 0.2) is 40.9 Å². The Balaban J connectivity index is 1.89. The number of aryl methyl sites for hydroxylation is 1. The fourth-order valence-corrected chi connectivity index (χ4v) is 2.63. The molecule has 2 N–H and O–H groups in total. The van der Waals surface area contributed by atoms with Gasteiger partial charge in [-0.15, -0.1) is 0 Å². The molecule has 1 atom stereocenters. The van der Waals surface area contributed by atoms with Gasteiger partial charge in [0.1, 0.15) is 11.8 Å². The van der Waals surface area contributed by atoms with Gasteiger partial charge in [0, 0.05) is 11.6 Å². The minimum absolute atomic E-state index is 0.241. The molecule has 0 spiro atoms. The zero-order valence-electron chi connectivity index (χ0n) is 15.1. The second-order valence-electron chi connectivity index (χ2n) is 5.65. The molecule has 1 aromatic carbocycles. The molecule has 0 aliphatic rings. The summed E-state index contributed by atoms with van der Waals surface area (Å²) < 4.78 is 9.88. The third kappa shape index (κ3) is 6.78. The Hall–Kier alpha value is -2.81. The zero-order chi connectivity index (χ0) is 19.6. The van der Waals surface area contributed by atoms with E-state index in [1.165, 1.54) is 0 Å². The minimum atomic E-state index is -0.841. The van der Waals surface area contributed by atoms with Crippen molar-refractivity contribution < 1.29 is 23.6 Å². The van der Waals surface area contributed by atoms with Crippen LogP contribution < -0.4 is 10.6 Å². The second kappa shape index (κ2) is 10.4. The highest BCUT2D eigenvalue weighted by atomic mass is 32.2. The molecule has 2 aromatic rings. The van der Waals surface area contributed by atoms with Crippen LogP contribution in [0, 0.1) is 6.92 Å². The normalized spacial score (nSPS) is 11.5. The van der Waals surface area contributed by atoms with Gasteiger partial charge in [-0.1, -0.05) is 23.4 Å². The smallest absolute Gasteiger partial charge is 0.329 e. The summed E-state index contributed by atoms with van der Waals surface area (Å²) in [5, 5.41) is 8.74. The summed E-state index contributed by atoms with van der Waals surface area (Å²) in [4.78, 5) is 36.4. The first-order chi connectivity index (χ1) is 13.0. The number of nitrogens with one attached hydrogen (secondary N) is 2. The van der Waals surface area contributed by atoms with Gasteiger partial charge in [-0.05, 0) is 37.5 Å². The maximum Gasteiger partial charge on any atom is 0.329 e. The molecular weight excluding hydrogens is 370 g/mol. The van der Waals surface area contributed by atoms with E-state index < -0.39 is 24.5 Å². The van der Waals surface area contributed by atoms with Gasteiger partial charge in [-0.25, -0.2) is 4.79 Å². The van der Waals surface area contributed by atoms with Crippen molar-refractivity contribution in [2.75, 3.05) is 23.9 Å². The average molecular weight is 391 g/mol. The Bertz CT molecular complexity index is 778. The molecule has 8 nitrogen and oxygen atoms in total. The van der Waals surface area contributed by atoms with Crippen molar-refractivity contribution in [3.63, 3.8) is 0 Å². The largest absolute Gasteiger partial charge is 0.454 e. The third-order valence-corrected chi connectivity index (χ3v) is 4.12. The number of rotatable bonds is 9. The fraction of sp³-hybridized carbons (Fsp3) is 0.333. The molecule has 144 valence electrons. The molecule has 27 heavy (non-hydrogen) atoms. The molecule has 1 aromatic heterocycles. The highest BCUT2D eigenvalue weighted by Crippen LogP contribution is 2.08. The maximum absolute atomic E-state index is 12.3. The van der Waals surface area contributed by atoms with Gasteiger partial charge in [-0.2, -0.15) is 11.8 Å². The van der Waals surface area contributed by atoms with E-state index in [0.717, 1.165) is 0 Å². The number of hydrogen-bond donors (Lipinski definition) is 2. The molecule has 0 aliphatic carbocycles. The number of thioether (sulfide) groups is 1. The first-order valence-electron chi connectivity index (χ1n) is 8.24. The Morgan fingerprint density at radius 3 is 2.63 bits per heavy atom. The molecule has 0 saturated carbocycles. The summed E-state index contributed by atoms with van der Waals surface area (Å²) in [6.45, 7) is 1.20. The predicted molar refractivity (Wildman–Crippen MR) is 102 cm³/mol. The van der Waals surface area contributed by atoms with Crippen molar-refractivity contribution in [2.24, 2.45) is 0 Å². The van der Waals surface area contributed by atoms with Crippen molar-refractivity contribution in [3.8, 4) is 0 Å². The molecule has 0 saturated heterocycles. The number of nitrogens with zero attached hydrogens (tertiary/aromatic N) is 1. The molecule has 0 unspecified atom stereocenters. The first kappa shape index (κ1) is 20.5. The number of carbonyl (C=O) groups excluding carboxylic acids is 3. The topological polar surface area (TPSA) is 111 Å². The highest BCUT2D eigenvalue weighted by Gasteiger charge is 2.23. The van der Waals surface area contributed by atoms with E-state index in [4.69, 9.17) is 9.26 Å². The summed E-state index contributed by atoms with van der Waals surface area (Å²) in [6.07, 6.45) is 2.29. The van der Waals surface area contributed by atoms with Crippen molar-refractivity contribution >= 4 is 35.4 Å². The summed E-state index contributed by atoms with van der Waals surface area (Å²) in [6, 6.07) is 9.28. The van der Waals surface area contributed by atoms with E-state index in [2.05, 4.69) is 15.8 Å². The van der Waals surface area contributed by atoms with Crippen LogP contribution in [0.5, 0.6) is 0 Å². The number of anilines is 1. The Kier molecular flexibility index (Phi) is 7.87. The Morgan fingerprint density at radius 1 is 1.26 bits per heavy atom. The van der Waals surface area contributed by atoms with Crippen LogP contribution in [0.25, 0.3) is 0 Å². The molecule has 2 rings (SSSR count). The van der Waals surface area contributed by atoms with Gasteiger partial charge < -0.3 is 19.9 Å². The van der Waals surface area contributed by atoms with Gasteiger partial charge in [0.05, 0.1) is 0 Å². The van der Waals surface area contributed by atoms with Crippen LogP contribution in [-0.4, -0.2) is 47.6 Å². The summed E-state index contributed by atoms with van der Waals surface area (Å²) in [5.41, 5.74) is 0.443. The predicted octanol–water partition coefficient (Wildman–Crippen LogP) is 2.02. The van der Waals surface area contributed by atoms with Gasteiger partial charge in [0.25, 0.3) is 11.8 Å². The van der Waals surface area contributed by atoms with E-state index in [9.17, 15) is 14.4 Å². The number of carbonyl (C=O) groups is 3. The van der Waals surface area contributed by atoms with Crippen LogP contribution in [-0.2, 0) is 14.3 Å². The van der Waals surface area contributed by atoms with Gasteiger partial charge >= 0.3 is 5.97 Å². The quantitative estimate of drug-likeness (QED) is 0.629. The van der Waals surface area contributed by atoms with Crippen LogP contribution >= 0.6 is 11.8 Å². The van der Waals surface area contributed by atoms with Crippen LogP contribution in [0.2, 0.25) is 0 Å². The summed E-state index contributed by atoms with van der Waals surface area (Å²) in [7, 11) is 0. The van der Waals surface area contributed by atoms with Crippen molar-refractivity contribution in [1.29, 1.82) is 0 Å². The lowest BCUT2D eigenvalue weighted by molar-refractivity contribution is -0.149. The van der Waals surface area contributed by atoms with Crippen LogP contribution in [0.1, 0.15) is 22.5 Å². The van der Waals surface area contributed by atoms with Crippen LogP contribution in [0.3, 0.4) is 0 Å². The lowest BCUT2D eigenvalue weighted by Gasteiger charge is -2.17. The van der Waals surface area contributed by atoms with Crippen molar-refractivity contribution in [2.45, 2.75) is 19.4 Å². The SMILES string of the molecule is CSCC[C@@H](NC(=O)c1ccccc1)C(=O)OCC(=O)Nc1cc(C)on1. The summed E-state index contributed by atoms with van der Waals surface area (Å²) >= 11 is 1.54. The molecule has 1 heterocycles. The van der Waals surface area contributed by atoms with Crippen molar-refractivity contribution in [1.82, 2.24) is 10.5 Å². The number of esters is 1. The molecule has 2 amide bonds. The minimum Gasteiger partial charge on any atom is -0.454 e. The number of amides is 2. The van der Waals surface area contributed by atoms with Gasteiger partial charge in [0.2, 0.25) is 0 Å². The molecule has 0 radical (unpaired) electrons. The van der Waals surface area contributed by atoms with Gasteiger partial charge in [0.15, 0.2) is 12.4 Å². The van der Waals surface area contributed by atoms with Crippen LogP contribution in [0.4, 0.5) is 5.82 Å². The standard InChI is InChI=1S/C18H21N3O5S/c1-12-10-15(21-26-12)20-16(22)11-25-18(24)14(8-9-27-2)19-17(23)13-6-4-3-5-7-13/h3-7,10,14H,8-9,11H2,1-2H3,(H,19,23)(H,20,21,22)/t14-/m1/s1. The average Bonchev–Trinajstić information content (AvgIpc) is 3.08. The molecule has 0 fully saturated rings. The third-order valence-electron chi connectivity index (χ3n) is 3.48. The highest BCUT2D eigenvalue weighted by molar-refractivity contribution is 7.98. The molecule has 0 aliphatic heterocycles. The van der Waals surface area contributed by atoms with E-state index in [-0.39, 0.29) is 11.7 Å². The Morgan fingerprint density at radius 2 is 2.00 bits per heavy atom. The van der Waals surface area contributed by atoms with E-state index in [1.54, 1.807) is 55.1 Å².